The van der Waals surface area contributed by atoms with Crippen molar-refractivity contribution in [2.24, 2.45) is 5.41 Å². The molecule has 1 fully saturated rings. The van der Waals surface area contributed by atoms with Crippen LogP contribution in [-0.2, 0) is 0 Å². The summed E-state index contributed by atoms with van der Waals surface area (Å²) >= 11 is 0. The molecule has 0 radical (unpaired) electrons. The molecule has 16 heavy (non-hydrogen) atoms. The summed E-state index contributed by atoms with van der Waals surface area (Å²) in [7, 11) is 0. The Bertz CT molecular complexity index is 248. The first kappa shape index (κ1) is 13.3. The number of carbonyl (C=O) groups is 1. The third-order valence-corrected chi connectivity index (χ3v) is 3.49. The topological polar surface area (TPSA) is 52.6 Å². The van der Waals surface area contributed by atoms with Crippen molar-refractivity contribution < 1.29 is 9.90 Å². The number of urea groups is 1. The Morgan fingerprint density at radius 2 is 2.19 bits per heavy atom. The number of aliphatic hydroxyl groups excluding tert-OH is 1. The van der Waals surface area contributed by atoms with Gasteiger partial charge in [0.2, 0.25) is 0 Å². The highest BCUT2D eigenvalue weighted by Gasteiger charge is 2.30. The number of likely N-dealkylation sites (tertiary alicyclic amines) is 1. The minimum Gasteiger partial charge on any atom is -0.394 e. The molecule has 0 aromatic rings. The van der Waals surface area contributed by atoms with Gasteiger partial charge in [0, 0.05) is 12.6 Å². The summed E-state index contributed by atoms with van der Waals surface area (Å²) < 4.78 is 0. The van der Waals surface area contributed by atoms with E-state index in [1.807, 2.05) is 6.92 Å². The molecule has 2 N–H and O–H groups in total. The Morgan fingerprint density at radius 3 is 2.69 bits per heavy atom. The van der Waals surface area contributed by atoms with E-state index in [4.69, 9.17) is 5.11 Å². The van der Waals surface area contributed by atoms with Gasteiger partial charge in [-0.15, -0.1) is 0 Å². The standard InChI is InChI=1S/C12H24N2O2/c1-9(12(2,3)4)13-11(16)14-7-5-6-10(14)8-15/h9-10,15H,5-8H2,1-4H3,(H,13,16). The molecule has 94 valence electrons. The largest absolute Gasteiger partial charge is 0.394 e. The van der Waals surface area contributed by atoms with Gasteiger partial charge in [0.15, 0.2) is 0 Å². The van der Waals surface area contributed by atoms with Crippen LogP contribution in [0.2, 0.25) is 0 Å². The molecule has 0 spiro atoms. The van der Waals surface area contributed by atoms with Crippen molar-refractivity contribution in [3.05, 3.63) is 0 Å². The molecule has 0 aromatic carbocycles. The van der Waals surface area contributed by atoms with E-state index in [1.54, 1.807) is 4.90 Å². The highest BCUT2D eigenvalue weighted by Crippen LogP contribution is 2.21. The lowest BCUT2D eigenvalue weighted by Crippen LogP contribution is -2.50. The predicted octanol–water partition coefficient (Wildman–Crippen LogP) is 1.59. The highest BCUT2D eigenvalue weighted by atomic mass is 16.3. The molecule has 4 nitrogen and oxygen atoms in total. The average Bonchev–Trinajstić information content (AvgIpc) is 2.63. The van der Waals surface area contributed by atoms with Crippen molar-refractivity contribution in [3.8, 4) is 0 Å². The van der Waals surface area contributed by atoms with E-state index in [0.29, 0.717) is 0 Å². The highest BCUT2D eigenvalue weighted by molar-refractivity contribution is 5.75. The van der Waals surface area contributed by atoms with Gasteiger partial charge in [-0.1, -0.05) is 20.8 Å². The number of hydrogen-bond acceptors (Lipinski definition) is 2. The monoisotopic (exact) mass is 228 g/mol. The zero-order chi connectivity index (χ0) is 12.3. The minimum absolute atomic E-state index is 0.00664. The molecular weight excluding hydrogens is 204 g/mol. The SMILES string of the molecule is CC(NC(=O)N1CCCC1CO)C(C)(C)C. The lowest BCUT2D eigenvalue weighted by atomic mass is 9.88. The summed E-state index contributed by atoms with van der Waals surface area (Å²) in [5.74, 6) is 0. The second-order valence-corrected chi connectivity index (χ2v) is 5.71. The van der Waals surface area contributed by atoms with Crippen molar-refractivity contribution >= 4 is 6.03 Å². The molecule has 4 heteroatoms. The zero-order valence-corrected chi connectivity index (χ0v) is 10.8. The molecule has 0 aromatic heterocycles. The Morgan fingerprint density at radius 1 is 1.56 bits per heavy atom. The maximum Gasteiger partial charge on any atom is 0.317 e. The summed E-state index contributed by atoms with van der Waals surface area (Å²) in [6.45, 7) is 9.15. The van der Waals surface area contributed by atoms with E-state index >= 15 is 0 Å². The second-order valence-electron chi connectivity index (χ2n) is 5.71. The fourth-order valence-electron chi connectivity index (χ4n) is 1.78. The van der Waals surface area contributed by atoms with Gasteiger partial charge in [-0.2, -0.15) is 0 Å². The molecule has 0 bridgehead atoms. The van der Waals surface area contributed by atoms with Gasteiger partial charge in [0.1, 0.15) is 0 Å². The zero-order valence-electron chi connectivity index (χ0n) is 10.8. The van der Waals surface area contributed by atoms with Crippen LogP contribution in [-0.4, -0.2) is 41.3 Å². The van der Waals surface area contributed by atoms with Crippen molar-refractivity contribution in [1.82, 2.24) is 10.2 Å². The summed E-state index contributed by atoms with van der Waals surface area (Å²) in [5, 5.41) is 12.2. The molecule has 2 amide bonds. The summed E-state index contributed by atoms with van der Waals surface area (Å²) in [4.78, 5) is 13.7. The summed E-state index contributed by atoms with van der Waals surface area (Å²) in [6, 6.07) is 0.0890. The summed E-state index contributed by atoms with van der Waals surface area (Å²) in [6.07, 6.45) is 1.90. The van der Waals surface area contributed by atoms with E-state index in [9.17, 15) is 4.79 Å². The number of carbonyl (C=O) groups excluding carboxylic acids is 1. The molecule has 1 aliphatic rings. The Hall–Kier alpha value is -0.770. The Labute approximate surface area is 98.0 Å². The molecule has 1 aliphatic heterocycles. The van der Waals surface area contributed by atoms with E-state index in [2.05, 4.69) is 26.1 Å². The van der Waals surface area contributed by atoms with Crippen molar-refractivity contribution in [2.75, 3.05) is 13.2 Å². The van der Waals surface area contributed by atoms with Crippen LogP contribution in [0.3, 0.4) is 0 Å². The average molecular weight is 228 g/mol. The molecule has 1 rings (SSSR count). The molecule has 1 saturated heterocycles. The number of nitrogens with zero attached hydrogens (tertiary/aromatic N) is 1. The normalized spacial score (nSPS) is 23.3. The van der Waals surface area contributed by atoms with E-state index in [0.717, 1.165) is 19.4 Å². The number of amides is 2. The molecule has 0 saturated carbocycles. The predicted molar refractivity (Wildman–Crippen MR) is 64.3 cm³/mol. The van der Waals surface area contributed by atoms with Crippen LogP contribution in [0.5, 0.6) is 0 Å². The van der Waals surface area contributed by atoms with Crippen LogP contribution in [0.15, 0.2) is 0 Å². The van der Waals surface area contributed by atoms with Crippen LogP contribution in [0.25, 0.3) is 0 Å². The third kappa shape index (κ3) is 3.11. The number of nitrogens with one attached hydrogen (secondary N) is 1. The number of aliphatic hydroxyl groups is 1. The van der Waals surface area contributed by atoms with Crippen molar-refractivity contribution in [2.45, 2.75) is 52.6 Å². The van der Waals surface area contributed by atoms with Crippen LogP contribution >= 0.6 is 0 Å². The Kier molecular flexibility index (Phi) is 4.19. The van der Waals surface area contributed by atoms with Crippen LogP contribution in [0, 0.1) is 5.41 Å². The maximum atomic E-state index is 12.0. The quantitative estimate of drug-likeness (QED) is 0.754. The molecule has 2 atom stereocenters. The lowest BCUT2D eigenvalue weighted by Gasteiger charge is -2.31. The van der Waals surface area contributed by atoms with Gasteiger partial charge < -0.3 is 15.3 Å². The smallest absolute Gasteiger partial charge is 0.317 e. The molecule has 1 heterocycles. The van der Waals surface area contributed by atoms with Crippen molar-refractivity contribution in [1.29, 1.82) is 0 Å². The van der Waals surface area contributed by atoms with E-state index in [1.165, 1.54) is 0 Å². The third-order valence-electron chi connectivity index (χ3n) is 3.49. The lowest BCUT2D eigenvalue weighted by molar-refractivity contribution is 0.149. The minimum atomic E-state index is -0.0426. The summed E-state index contributed by atoms with van der Waals surface area (Å²) in [5.41, 5.74) is 0.0596. The van der Waals surface area contributed by atoms with Crippen LogP contribution < -0.4 is 5.32 Å². The number of rotatable bonds is 2. The fraction of sp³-hybridized carbons (Fsp3) is 0.917. The molecule has 2 unspecified atom stereocenters. The van der Waals surface area contributed by atoms with Gasteiger partial charge in [0.25, 0.3) is 0 Å². The first-order chi connectivity index (χ1) is 7.36. The number of hydrogen-bond donors (Lipinski definition) is 2. The van der Waals surface area contributed by atoms with Gasteiger partial charge in [-0.3, -0.25) is 0 Å². The Balaban J connectivity index is 2.52. The van der Waals surface area contributed by atoms with E-state index in [-0.39, 0.29) is 30.1 Å². The van der Waals surface area contributed by atoms with Crippen molar-refractivity contribution in [3.63, 3.8) is 0 Å². The maximum absolute atomic E-state index is 12.0. The van der Waals surface area contributed by atoms with Gasteiger partial charge in [-0.05, 0) is 25.2 Å². The fourth-order valence-corrected chi connectivity index (χ4v) is 1.78. The first-order valence-corrected chi connectivity index (χ1v) is 6.04. The van der Waals surface area contributed by atoms with Gasteiger partial charge in [-0.25, -0.2) is 4.79 Å². The van der Waals surface area contributed by atoms with Crippen LogP contribution in [0.4, 0.5) is 4.79 Å². The first-order valence-electron chi connectivity index (χ1n) is 6.04. The van der Waals surface area contributed by atoms with Crippen LogP contribution in [0.1, 0.15) is 40.5 Å². The van der Waals surface area contributed by atoms with Gasteiger partial charge >= 0.3 is 6.03 Å². The second kappa shape index (κ2) is 5.04. The molecule has 0 aliphatic carbocycles. The van der Waals surface area contributed by atoms with E-state index < -0.39 is 0 Å². The molecular formula is C12H24N2O2. The van der Waals surface area contributed by atoms with Gasteiger partial charge in [0.05, 0.1) is 12.6 Å².